The lowest BCUT2D eigenvalue weighted by molar-refractivity contribution is -0.124. The third-order valence-electron chi connectivity index (χ3n) is 4.23. The molecule has 2 aliphatic rings. The van der Waals surface area contributed by atoms with Gasteiger partial charge in [-0.05, 0) is 37.0 Å². The van der Waals surface area contributed by atoms with Crippen LogP contribution in [0.3, 0.4) is 0 Å². The average Bonchev–Trinajstić information content (AvgIpc) is 2.61. The van der Waals surface area contributed by atoms with Crippen molar-refractivity contribution in [2.24, 2.45) is 17.8 Å². The Morgan fingerprint density at radius 2 is 2.14 bits per heavy atom. The smallest absolute Gasteiger partial charge is 0.133 e. The molecule has 2 fully saturated rings. The highest BCUT2D eigenvalue weighted by Gasteiger charge is 2.38. The van der Waals surface area contributed by atoms with Gasteiger partial charge in [0.25, 0.3) is 0 Å². The minimum atomic E-state index is 0.550. The van der Waals surface area contributed by atoms with Crippen LogP contribution in [0.1, 0.15) is 58.3 Å². The summed E-state index contributed by atoms with van der Waals surface area (Å²) in [6.45, 7) is 2.25. The van der Waals surface area contributed by atoms with Crippen LogP contribution in [0.15, 0.2) is 0 Å². The first-order chi connectivity index (χ1) is 6.81. The van der Waals surface area contributed by atoms with Crippen LogP contribution in [0.5, 0.6) is 0 Å². The largest absolute Gasteiger partial charge is 0.300 e. The molecular weight excluding hydrogens is 172 g/mol. The molecule has 0 N–H and O–H groups in total. The first-order valence-corrected chi connectivity index (χ1v) is 6.33. The van der Waals surface area contributed by atoms with Gasteiger partial charge in [-0.15, -0.1) is 0 Å². The average molecular weight is 194 g/mol. The highest BCUT2D eigenvalue weighted by Crippen LogP contribution is 2.45. The number of carbonyl (C=O) groups is 1. The molecule has 0 aromatic carbocycles. The lowest BCUT2D eigenvalue weighted by atomic mass is 9.71. The van der Waals surface area contributed by atoms with Crippen molar-refractivity contribution in [2.45, 2.75) is 58.3 Å². The third-order valence-corrected chi connectivity index (χ3v) is 4.23. The topological polar surface area (TPSA) is 17.1 Å². The molecule has 0 aromatic heterocycles. The van der Waals surface area contributed by atoms with Crippen LogP contribution in [0.4, 0.5) is 0 Å². The summed E-state index contributed by atoms with van der Waals surface area (Å²) >= 11 is 0. The Morgan fingerprint density at radius 1 is 1.29 bits per heavy atom. The summed E-state index contributed by atoms with van der Waals surface area (Å²) in [7, 11) is 0. The lowest BCUT2D eigenvalue weighted by Crippen LogP contribution is -2.29. The predicted molar refractivity (Wildman–Crippen MR) is 58.1 cm³/mol. The molecule has 0 aliphatic heterocycles. The van der Waals surface area contributed by atoms with E-state index in [0.717, 1.165) is 30.6 Å². The van der Waals surface area contributed by atoms with Gasteiger partial charge in [0, 0.05) is 12.8 Å². The van der Waals surface area contributed by atoms with E-state index in [4.69, 9.17) is 0 Å². The fraction of sp³-hybridized carbons (Fsp3) is 0.923. The maximum Gasteiger partial charge on any atom is 0.133 e. The molecule has 0 spiro atoms. The van der Waals surface area contributed by atoms with E-state index < -0.39 is 0 Å². The quantitative estimate of drug-likeness (QED) is 0.671. The monoisotopic (exact) mass is 194 g/mol. The first kappa shape index (κ1) is 10.2. The number of fused-ring (bicyclic) bond motifs is 1. The van der Waals surface area contributed by atoms with Crippen molar-refractivity contribution in [3.63, 3.8) is 0 Å². The minimum Gasteiger partial charge on any atom is -0.300 e. The zero-order valence-corrected chi connectivity index (χ0v) is 9.30. The van der Waals surface area contributed by atoms with Gasteiger partial charge in [0.2, 0.25) is 0 Å². The Morgan fingerprint density at radius 3 is 2.93 bits per heavy atom. The first-order valence-electron chi connectivity index (χ1n) is 6.33. The molecule has 0 amide bonds. The number of hydrogen-bond donors (Lipinski definition) is 0. The van der Waals surface area contributed by atoms with Crippen molar-refractivity contribution in [1.29, 1.82) is 0 Å². The Kier molecular flexibility index (Phi) is 3.25. The van der Waals surface area contributed by atoms with Crippen molar-refractivity contribution in [2.75, 3.05) is 0 Å². The van der Waals surface area contributed by atoms with Gasteiger partial charge in [0.1, 0.15) is 5.78 Å². The molecule has 3 unspecified atom stereocenters. The van der Waals surface area contributed by atoms with Gasteiger partial charge in [-0.25, -0.2) is 0 Å². The normalized spacial score (nSPS) is 37.2. The second-order valence-corrected chi connectivity index (χ2v) is 5.20. The predicted octanol–water partition coefficient (Wildman–Crippen LogP) is 3.57. The van der Waals surface area contributed by atoms with E-state index in [1.54, 1.807) is 0 Å². The fourth-order valence-electron chi connectivity index (χ4n) is 3.54. The zero-order valence-electron chi connectivity index (χ0n) is 9.30. The standard InChI is InChI=1S/C13H22O/c1-2-3-5-10-8-12(14)9-11-6-4-7-13(10)11/h10-11,13H,2-9H2,1H3. The molecule has 2 aliphatic carbocycles. The summed E-state index contributed by atoms with van der Waals surface area (Å²) in [5.41, 5.74) is 0. The third kappa shape index (κ3) is 2.02. The Hall–Kier alpha value is -0.330. The van der Waals surface area contributed by atoms with Crippen LogP contribution < -0.4 is 0 Å². The van der Waals surface area contributed by atoms with Crippen LogP contribution >= 0.6 is 0 Å². The summed E-state index contributed by atoms with van der Waals surface area (Å²) in [6.07, 6.45) is 9.84. The molecule has 0 heterocycles. The fourth-order valence-corrected chi connectivity index (χ4v) is 3.54. The van der Waals surface area contributed by atoms with Gasteiger partial charge in [0.05, 0.1) is 0 Å². The van der Waals surface area contributed by atoms with E-state index in [-0.39, 0.29) is 0 Å². The number of carbonyl (C=O) groups excluding carboxylic acids is 1. The summed E-state index contributed by atoms with van der Waals surface area (Å²) in [5, 5.41) is 0. The van der Waals surface area contributed by atoms with E-state index in [9.17, 15) is 4.79 Å². The van der Waals surface area contributed by atoms with Crippen LogP contribution in [0.2, 0.25) is 0 Å². The van der Waals surface area contributed by atoms with Crippen molar-refractivity contribution in [1.82, 2.24) is 0 Å². The number of ketones is 1. The molecule has 0 aromatic rings. The minimum absolute atomic E-state index is 0.550. The van der Waals surface area contributed by atoms with E-state index in [0.29, 0.717) is 5.78 Å². The Bertz CT molecular complexity index is 209. The SMILES string of the molecule is CCCCC1CC(=O)CC2CCCC12. The zero-order chi connectivity index (χ0) is 9.97. The van der Waals surface area contributed by atoms with Crippen LogP contribution in [-0.2, 0) is 4.79 Å². The summed E-state index contributed by atoms with van der Waals surface area (Å²) in [6, 6.07) is 0. The van der Waals surface area contributed by atoms with Crippen molar-refractivity contribution < 1.29 is 4.79 Å². The molecule has 0 radical (unpaired) electrons. The van der Waals surface area contributed by atoms with Crippen molar-refractivity contribution in [3.05, 3.63) is 0 Å². The number of unbranched alkanes of at least 4 members (excludes halogenated alkanes) is 1. The van der Waals surface area contributed by atoms with E-state index >= 15 is 0 Å². The molecular formula is C13H22O. The van der Waals surface area contributed by atoms with Crippen molar-refractivity contribution in [3.8, 4) is 0 Å². The summed E-state index contributed by atoms with van der Waals surface area (Å²) < 4.78 is 0. The molecule has 0 bridgehead atoms. The van der Waals surface area contributed by atoms with Gasteiger partial charge in [0.15, 0.2) is 0 Å². The van der Waals surface area contributed by atoms with Crippen molar-refractivity contribution >= 4 is 5.78 Å². The van der Waals surface area contributed by atoms with Crippen LogP contribution in [0, 0.1) is 17.8 Å². The van der Waals surface area contributed by atoms with Gasteiger partial charge in [-0.1, -0.05) is 26.2 Å². The molecule has 2 rings (SSSR count). The maximum absolute atomic E-state index is 11.6. The van der Waals surface area contributed by atoms with Gasteiger partial charge >= 0.3 is 0 Å². The van der Waals surface area contributed by atoms with Gasteiger partial charge < -0.3 is 0 Å². The highest BCUT2D eigenvalue weighted by atomic mass is 16.1. The molecule has 0 saturated heterocycles. The number of Topliss-reactive ketones (excluding diaryl/α,β-unsaturated/α-hetero) is 1. The molecule has 14 heavy (non-hydrogen) atoms. The Balaban J connectivity index is 1.95. The Labute approximate surface area is 87.3 Å². The maximum atomic E-state index is 11.6. The molecule has 2 saturated carbocycles. The molecule has 80 valence electrons. The van der Waals surface area contributed by atoms with E-state index in [1.165, 1.54) is 38.5 Å². The summed E-state index contributed by atoms with van der Waals surface area (Å²) in [4.78, 5) is 11.6. The van der Waals surface area contributed by atoms with Gasteiger partial charge in [-0.2, -0.15) is 0 Å². The summed E-state index contributed by atoms with van der Waals surface area (Å²) in [5.74, 6) is 3.00. The van der Waals surface area contributed by atoms with Gasteiger partial charge in [-0.3, -0.25) is 4.79 Å². The number of rotatable bonds is 3. The van der Waals surface area contributed by atoms with Crippen LogP contribution in [-0.4, -0.2) is 5.78 Å². The van der Waals surface area contributed by atoms with E-state index in [1.807, 2.05) is 0 Å². The second kappa shape index (κ2) is 4.46. The lowest BCUT2D eigenvalue weighted by Gasteiger charge is -2.33. The second-order valence-electron chi connectivity index (χ2n) is 5.20. The molecule has 1 heteroatoms. The molecule has 1 nitrogen and oxygen atoms in total. The highest BCUT2D eigenvalue weighted by molar-refractivity contribution is 5.79. The van der Waals surface area contributed by atoms with E-state index in [2.05, 4.69) is 6.92 Å². The molecule has 3 atom stereocenters. The number of hydrogen-bond acceptors (Lipinski definition) is 1. The van der Waals surface area contributed by atoms with Crippen LogP contribution in [0.25, 0.3) is 0 Å².